The van der Waals surface area contributed by atoms with Gasteiger partial charge >= 0.3 is 5.97 Å². The quantitative estimate of drug-likeness (QED) is 0.789. The van der Waals surface area contributed by atoms with Crippen LogP contribution < -0.4 is 0 Å². The van der Waals surface area contributed by atoms with Crippen LogP contribution in [0.15, 0.2) is 30.3 Å². The van der Waals surface area contributed by atoms with Crippen molar-refractivity contribution in [3.8, 4) is 0 Å². The van der Waals surface area contributed by atoms with Crippen LogP contribution in [0, 0.1) is 5.92 Å². The highest BCUT2D eigenvalue weighted by Gasteiger charge is 2.56. The number of rotatable bonds is 3. The van der Waals surface area contributed by atoms with Crippen LogP contribution in [0.1, 0.15) is 11.5 Å². The number of carbonyl (C=O) groups is 1. The van der Waals surface area contributed by atoms with Gasteiger partial charge < -0.3 is 9.84 Å². The zero-order chi connectivity index (χ0) is 10.1. The molecule has 0 unspecified atom stereocenters. The fourth-order valence-electron chi connectivity index (χ4n) is 1.94. The van der Waals surface area contributed by atoms with Gasteiger partial charge in [-0.3, -0.25) is 4.79 Å². The Balaban J connectivity index is 2.18. The average Bonchev–Trinajstić information content (AvgIpc) is 2.93. The molecule has 3 atom stereocenters. The van der Waals surface area contributed by atoms with E-state index in [-0.39, 0.29) is 17.9 Å². The summed E-state index contributed by atoms with van der Waals surface area (Å²) in [6.07, 6.45) is -0.158. The Hall–Kier alpha value is -1.35. The first kappa shape index (κ1) is 9.21. The molecule has 0 saturated heterocycles. The van der Waals surface area contributed by atoms with Crippen LogP contribution in [0.4, 0.5) is 0 Å². The number of carboxylic acid groups (broad SMARTS) is 1. The lowest BCUT2D eigenvalue weighted by Crippen LogP contribution is -2.02. The molecule has 0 aliphatic heterocycles. The van der Waals surface area contributed by atoms with Crippen molar-refractivity contribution in [1.29, 1.82) is 0 Å². The highest BCUT2D eigenvalue weighted by Crippen LogP contribution is 2.49. The standard InChI is InChI=1S/C11H12O3/c1-14-10-8(9(10)11(12)13)7-5-3-2-4-6-7/h2-6,8-10H,1H3,(H,12,13)/t8-,9-,10+/m1/s1. The van der Waals surface area contributed by atoms with E-state index in [9.17, 15) is 4.79 Å². The fourth-order valence-corrected chi connectivity index (χ4v) is 1.94. The summed E-state index contributed by atoms with van der Waals surface area (Å²) in [6, 6.07) is 9.64. The van der Waals surface area contributed by atoms with E-state index in [0.29, 0.717) is 0 Å². The summed E-state index contributed by atoms with van der Waals surface area (Å²) in [4.78, 5) is 10.8. The maximum atomic E-state index is 10.8. The van der Waals surface area contributed by atoms with Gasteiger partial charge in [0, 0.05) is 13.0 Å². The van der Waals surface area contributed by atoms with Crippen molar-refractivity contribution >= 4 is 5.97 Å². The van der Waals surface area contributed by atoms with Gasteiger partial charge in [0.05, 0.1) is 12.0 Å². The van der Waals surface area contributed by atoms with Crippen LogP contribution in [0.3, 0.4) is 0 Å². The maximum Gasteiger partial charge on any atom is 0.309 e. The predicted octanol–water partition coefficient (Wildman–Crippen LogP) is 1.50. The van der Waals surface area contributed by atoms with Crippen LogP contribution >= 0.6 is 0 Å². The summed E-state index contributed by atoms with van der Waals surface area (Å²) in [5.41, 5.74) is 1.05. The van der Waals surface area contributed by atoms with Gasteiger partial charge in [0.25, 0.3) is 0 Å². The molecule has 74 valence electrons. The van der Waals surface area contributed by atoms with E-state index in [2.05, 4.69) is 0 Å². The van der Waals surface area contributed by atoms with Crippen molar-refractivity contribution in [3.63, 3.8) is 0 Å². The summed E-state index contributed by atoms with van der Waals surface area (Å²) in [6.45, 7) is 0. The Morgan fingerprint density at radius 2 is 2.00 bits per heavy atom. The normalized spacial score (nSPS) is 29.9. The molecule has 0 amide bonds. The topological polar surface area (TPSA) is 46.5 Å². The first-order chi connectivity index (χ1) is 6.75. The Morgan fingerprint density at radius 3 is 2.43 bits per heavy atom. The molecular weight excluding hydrogens is 180 g/mol. The first-order valence-electron chi connectivity index (χ1n) is 4.56. The molecule has 0 spiro atoms. The van der Waals surface area contributed by atoms with Gasteiger partial charge in [0.2, 0.25) is 0 Å². The summed E-state index contributed by atoms with van der Waals surface area (Å²) in [7, 11) is 1.56. The number of hydrogen-bond acceptors (Lipinski definition) is 2. The van der Waals surface area contributed by atoms with Crippen molar-refractivity contribution < 1.29 is 14.6 Å². The van der Waals surface area contributed by atoms with Gasteiger partial charge in [-0.25, -0.2) is 0 Å². The smallest absolute Gasteiger partial charge is 0.309 e. The Bertz CT molecular complexity index is 334. The minimum atomic E-state index is -0.772. The lowest BCUT2D eigenvalue weighted by Gasteiger charge is -1.96. The molecule has 1 aliphatic carbocycles. The molecule has 14 heavy (non-hydrogen) atoms. The zero-order valence-electron chi connectivity index (χ0n) is 7.88. The molecule has 1 fully saturated rings. The van der Waals surface area contributed by atoms with Gasteiger partial charge in [-0.15, -0.1) is 0 Å². The van der Waals surface area contributed by atoms with Crippen LogP contribution in [0.5, 0.6) is 0 Å². The largest absolute Gasteiger partial charge is 0.481 e. The average molecular weight is 192 g/mol. The lowest BCUT2D eigenvalue weighted by molar-refractivity contribution is -0.139. The van der Waals surface area contributed by atoms with Crippen molar-refractivity contribution in [2.45, 2.75) is 12.0 Å². The van der Waals surface area contributed by atoms with E-state index in [1.807, 2.05) is 30.3 Å². The second-order valence-corrected chi connectivity index (χ2v) is 3.50. The summed E-state index contributed by atoms with van der Waals surface area (Å²) < 4.78 is 5.12. The van der Waals surface area contributed by atoms with Gasteiger partial charge in [-0.05, 0) is 5.56 Å². The van der Waals surface area contributed by atoms with E-state index in [0.717, 1.165) is 5.56 Å². The van der Waals surface area contributed by atoms with E-state index >= 15 is 0 Å². The van der Waals surface area contributed by atoms with Gasteiger partial charge in [-0.1, -0.05) is 30.3 Å². The monoisotopic (exact) mass is 192 g/mol. The molecule has 0 bridgehead atoms. The van der Waals surface area contributed by atoms with Gasteiger partial charge in [0.1, 0.15) is 0 Å². The number of ether oxygens (including phenoxy) is 1. The number of benzene rings is 1. The molecule has 1 aromatic rings. The molecule has 0 radical (unpaired) electrons. The SMILES string of the molecule is CO[C@@H]1[C@H](C(=O)O)[C@H]1c1ccccc1. The minimum absolute atomic E-state index is 0.0266. The van der Waals surface area contributed by atoms with Crippen LogP contribution in [0.2, 0.25) is 0 Å². The van der Waals surface area contributed by atoms with Crippen molar-refractivity contribution in [3.05, 3.63) is 35.9 Å². The molecular formula is C11H12O3. The van der Waals surface area contributed by atoms with Crippen LogP contribution in [-0.4, -0.2) is 24.3 Å². The Kier molecular flexibility index (Phi) is 2.25. The van der Waals surface area contributed by atoms with E-state index in [1.54, 1.807) is 7.11 Å². The number of carboxylic acids is 1. The zero-order valence-corrected chi connectivity index (χ0v) is 7.88. The molecule has 1 aromatic carbocycles. The summed E-state index contributed by atoms with van der Waals surface area (Å²) in [5, 5.41) is 8.91. The van der Waals surface area contributed by atoms with Crippen molar-refractivity contribution in [2.24, 2.45) is 5.92 Å². The molecule has 1 aliphatic rings. The highest BCUT2D eigenvalue weighted by molar-refractivity contribution is 5.77. The van der Waals surface area contributed by atoms with Gasteiger partial charge in [-0.2, -0.15) is 0 Å². The Labute approximate surface area is 82.3 Å². The molecule has 0 aromatic heterocycles. The van der Waals surface area contributed by atoms with Crippen LogP contribution in [0.25, 0.3) is 0 Å². The second-order valence-electron chi connectivity index (χ2n) is 3.50. The fraction of sp³-hybridized carbons (Fsp3) is 0.364. The summed E-state index contributed by atoms with van der Waals surface area (Å²) in [5.74, 6) is -1.12. The first-order valence-corrected chi connectivity index (χ1v) is 4.56. The summed E-state index contributed by atoms with van der Waals surface area (Å²) >= 11 is 0. The molecule has 1 N–H and O–H groups in total. The molecule has 1 saturated carbocycles. The van der Waals surface area contributed by atoms with E-state index in [4.69, 9.17) is 9.84 Å². The number of methoxy groups -OCH3 is 1. The minimum Gasteiger partial charge on any atom is -0.481 e. The molecule has 2 rings (SSSR count). The predicted molar refractivity (Wildman–Crippen MR) is 51.1 cm³/mol. The lowest BCUT2D eigenvalue weighted by atomic mass is 10.1. The third kappa shape index (κ3) is 1.40. The molecule has 3 nitrogen and oxygen atoms in total. The van der Waals surface area contributed by atoms with Crippen LogP contribution in [-0.2, 0) is 9.53 Å². The molecule has 0 heterocycles. The number of hydrogen-bond donors (Lipinski definition) is 1. The van der Waals surface area contributed by atoms with Crippen molar-refractivity contribution in [2.75, 3.05) is 7.11 Å². The maximum absolute atomic E-state index is 10.8. The number of aliphatic carboxylic acids is 1. The second kappa shape index (κ2) is 3.42. The van der Waals surface area contributed by atoms with E-state index < -0.39 is 5.97 Å². The highest BCUT2D eigenvalue weighted by atomic mass is 16.5. The van der Waals surface area contributed by atoms with E-state index in [1.165, 1.54) is 0 Å². The van der Waals surface area contributed by atoms with Crippen molar-refractivity contribution in [1.82, 2.24) is 0 Å². The molecule has 3 heteroatoms. The third-order valence-electron chi connectivity index (χ3n) is 2.70. The Morgan fingerprint density at radius 1 is 1.36 bits per heavy atom. The van der Waals surface area contributed by atoms with Gasteiger partial charge in [0.15, 0.2) is 0 Å². The third-order valence-corrected chi connectivity index (χ3v) is 2.70.